The van der Waals surface area contributed by atoms with E-state index in [9.17, 15) is 14.0 Å². The fraction of sp³-hybridized carbons (Fsp3) is 0.409. The Labute approximate surface area is 171 Å². The van der Waals surface area contributed by atoms with Gasteiger partial charge in [0.2, 0.25) is 11.8 Å². The summed E-state index contributed by atoms with van der Waals surface area (Å²) in [6, 6.07) is 4.55. The molecule has 0 radical (unpaired) electrons. The minimum atomic E-state index is -1.03. The number of nitrogens with one attached hydrogen (secondary N) is 1. The lowest BCUT2D eigenvalue weighted by Crippen LogP contribution is -2.49. The molecule has 0 spiro atoms. The topological polar surface area (TPSA) is 65.5 Å². The quantitative estimate of drug-likeness (QED) is 0.711. The number of hydrogen-bond donors (Lipinski definition) is 1. The number of aryl methyl sites for hydroxylation is 1. The average Bonchev–Trinajstić information content (AvgIpc) is 2.88. The number of carbonyl (C=O) groups is 2. The lowest BCUT2D eigenvalue weighted by atomic mass is 10.1. The molecule has 0 aromatic carbocycles. The maximum Gasteiger partial charge on any atom is 0.248 e. The number of halogens is 1. The van der Waals surface area contributed by atoms with E-state index >= 15 is 0 Å². The number of likely N-dealkylation sites (tertiary alicyclic amines) is 1. The molecule has 1 saturated heterocycles. The number of rotatable bonds is 7. The molecule has 7 heteroatoms. The first-order valence-electron chi connectivity index (χ1n) is 9.74. The van der Waals surface area contributed by atoms with Crippen LogP contribution in [-0.4, -0.2) is 51.9 Å². The van der Waals surface area contributed by atoms with Gasteiger partial charge in [-0.05, 0) is 57.5 Å². The van der Waals surface area contributed by atoms with E-state index in [4.69, 9.17) is 0 Å². The predicted octanol–water partition coefficient (Wildman–Crippen LogP) is 3.58. The smallest absolute Gasteiger partial charge is 0.248 e. The van der Waals surface area contributed by atoms with Crippen LogP contribution < -0.4 is 5.32 Å². The summed E-state index contributed by atoms with van der Waals surface area (Å²) >= 11 is 0. The van der Waals surface area contributed by atoms with Gasteiger partial charge in [0.1, 0.15) is 24.6 Å². The number of amides is 2. The zero-order valence-corrected chi connectivity index (χ0v) is 17.1. The molecule has 1 unspecified atom stereocenters. The van der Waals surface area contributed by atoms with Gasteiger partial charge in [0, 0.05) is 17.9 Å². The van der Waals surface area contributed by atoms with Crippen molar-refractivity contribution in [2.45, 2.75) is 45.3 Å². The average molecular weight is 400 g/mol. The summed E-state index contributed by atoms with van der Waals surface area (Å²) in [5.74, 6) is -0.220. The fourth-order valence-electron chi connectivity index (χ4n) is 3.28. The molecule has 6 nitrogen and oxygen atoms in total. The fourth-order valence-corrected chi connectivity index (χ4v) is 3.28. The lowest BCUT2D eigenvalue weighted by molar-refractivity contribution is -0.138. The number of anilines is 1. The first kappa shape index (κ1) is 22.3. The van der Waals surface area contributed by atoms with Crippen molar-refractivity contribution in [1.29, 1.82) is 0 Å². The highest BCUT2D eigenvalue weighted by Gasteiger charge is 2.34. The van der Waals surface area contributed by atoms with Gasteiger partial charge < -0.3 is 15.1 Å². The Bertz CT molecular complexity index is 793. The maximum absolute atomic E-state index is 14.0. The summed E-state index contributed by atoms with van der Waals surface area (Å²) in [6.45, 7) is 11.5. The summed E-state index contributed by atoms with van der Waals surface area (Å²) in [5, 5.41) is 2.76. The van der Waals surface area contributed by atoms with Crippen LogP contribution in [0.15, 0.2) is 55.4 Å². The van der Waals surface area contributed by atoms with E-state index in [1.165, 1.54) is 11.1 Å². The monoisotopic (exact) mass is 400 g/mol. The van der Waals surface area contributed by atoms with Crippen molar-refractivity contribution >= 4 is 17.6 Å². The highest BCUT2D eigenvalue weighted by molar-refractivity contribution is 5.96. The van der Waals surface area contributed by atoms with Crippen LogP contribution in [0.3, 0.4) is 0 Å². The molecule has 0 bridgehead atoms. The van der Waals surface area contributed by atoms with Crippen LogP contribution >= 0.6 is 0 Å². The predicted molar refractivity (Wildman–Crippen MR) is 113 cm³/mol. The molecule has 29 heavy (non-hydrogen) atoms. The Kier molecular flexibility index (Phi) is 8.12. The highest BCUT2D eigenvalue weighted by Crippen LogP contribution is 2.22. The molecule has 2 heterocycles. The van der Waals surface area contributed by atoms with Crippen LogP contribution in [0.1, 0.15) is 31.9 Å². The van der Waals surface area contributed by atoms with E-state index in [-0.39, 0.29) is 44.2 Å². The molecule has 156 valence electrons. The number of carbonyl (C=O) groups excluding carboxylic acids is 2. The van der Waals surface area contributed by atoms with Crippen LogP contribution in [0.4, 0.5) is 10.2 Å². The number of nitrogens with zero attached hydrogens (tertiary/aromatic N) is 3. The first-order chi connectivity index (χ1) is 13.8. The Morgan fingerprint density at radius 3 is 2.79 bits per heavy atom. The van der Waals surface area contributed by atoms with Crippen LogP contribution in [-0.2, 0) is 9.59 Å². The summed E-state index contributed by atoms with van der Waals surface area (Å²) < 4.78 is 14.0. The summed E-state index contributed by atoms with van der Waals surface area (Å²) in [7, 11) is 0. The van der Waals surface area contributed by atoms with Crippen molar-refractivity contribution in [3.63, 3.8) is 0 Å². The normalized spacial score (nSPS) is 19.5. The Hall–Kier alpha value is -2.96. The number of hydrogen-bond acceptors (Lipinski definition) is 4. The molecule has 1 aliphatic rings. The van der Waals surface area contributed by atoms with Crippen molar-refractivity contribution in [2.24, 2.45) is 0 Å². The Balaban J connectivity index is 2.18. The third-order valence-corrected chi connectivity index (χ3v) is 4.83. The molecular formula is C22H29FN4O2. The largest absolute Gasteiger partial charge is 0.340 e. The van der Waals surface area contributed by atoms with Crippen LogP contribution in [0.5, 0.6) is 0 Å². The van der Waals surface area contributed by atoms with E-state index in [2.05, 4.69) is 23.5 Å². The van der Waals surface area contributed by atoms with Crippen LogP contribution in [0.2, 0.25) is 0 Å². The minimum Gasteiger partial charge on any atom is -0.340 e. The van der Waals surface area contributed by atoms with E-state index in [0.717, 1.165) is 5.69 Å². The van der Waals surface area contributed by atoms with Gasteiger partial charge in [0.25, 0.3) is 0 Å². The number of allylic oxidation sites excluding steroid dienone is 2. The molecule has 0 aliphatic carbocycles. The summed E-state index contributed by atoms with van der Waals surface area (Å²) in [5.41, 5.74) is 1.38. The minimum absolute atomic E-state index is 0.0178. The lowest BCUT2D eigenvalue weighted by Gasteiger charge is -2.31. The highest BCUT2D eigenvalue weighted by atomic mass is 19.1. The second kappa shape index (κ2) is 10.5. The van der Waals surface area contributed by atoms with Gasteiger partial charge in [-0.2, -0.15) is 0 Å². The molecule has 1 aromatic rings. The van der Waals surface area contributed by atoms with Gasteiger partial charge >= 0.3 is 0 Å². The van der Waals surface area contributed by atoms with Gasteiger partial charge in [-0.1, -0.05) is 25.3 Å². The van der Waals surface area contributed by atoms with E-state index in [1.807, 2.05) is 26.0 Å². The Morgan fingerprint density at radius 2 is 2.14 bits per heavy atom. The Morgan fingerprint density at radius 1 is 1.38 bits per heavy atom. The van der Waals surface area contributed by atoms with Crippen molar-refractivity contribution < 1.29 is 14.0 Å². The third-order valence-electron chi connectivity index (χ3n) is 4.83. The third kappa shape index (κ3) is 6.27. The van der Waals surface area contributed by atoms with Gasteiger partial charge in [0.05, 0.1) is 0 Å². The summed E-state index contributed by atoms with van der Waals surface area (Å²) in [4.78, 5) is 33.3. The van der Waals surface area contributed by atoms with Gasteiger partial charge in [-0.3, -0.25) is 9.59 Å². The standard InChI is InChI=1S/C22H29FN4O2/c1-5-8-17(4)26(6-2)15-21(28)27-14-13-18(23)11-12-19(27)22(29)25-20-10-7-9-16(3)24-20/h5-10,18-19H,2,4,11-15H2,1,3H3,(H,24,25,29)/b8-5-/t18?,19-/m0/s1. The zero-order chi connectivity index (χ0) is 21.4. The van der Waals surface area contributed by atoms with Gasteiger partial charge in [-0.25, -0.2) is 9.37 Å². The van der Waals surface area contributed by atoms with Crippen molar-refractivity contribution in [2.75, 3.05) is 18.4 Å². The zero-order valence-electron chi connectivity index (χ0n) is 17.1. The SMILES string of the molecule is C=CN(CC(=O)N1CCC(F)CC[C@H]1C(=O)Nc1cccc(C)n1)C(=C)/C=C\C. The van der Waals surface area contributed by atoms with Crippen molar-refractivity contribution in [3.8, 4) is 0 Å². The number of aromatic nitrogens is 1. The molecule has 2 rings (SSSR count). The van der Waals surface area contributed by atoms with E-state index < -0.39 is 12.2 Å². The molecule has 1 aliphatic heterocycles. The van der Waals surface area contributed by atoms with E-state index in [0.29, 0.717) is 11.5 Å². The van der Waals surface area contributed by atoms with Crippen LogP contribution in [0, 0.1) is 6.92 Å². The second-order valence-corrected chi connectivity index (χ2v) is 7.02. The molecule has 1 N–H and O–H groups in total. The van der Waals surface area contributed by atoms with Gasteiger partial charge in [0.15, 0.2) is 0 Å². The van der Waals surface area contributed by atoms with E-state index in [1.54, 1.807) is 23.1 Å². The molecule has 0 saturated carbocycles. The van der Waals surface area contributed by atoms with Crippen molar-refractivity contribution in [1.82, 2.24) is 14.8 Å². The van der Waals surface area contributed by atoms with Crippen LogP contribution in [0.25, 0.3) is 0 Å². The maximum atomic E-state index is 14.0. The second-order valence-electron chi connectivity index (χ2n) is 7.02. The molecule has 1 fully saturated rings. The number of alkyl halides is 1. The first-order valence-corrected chi connectivity index (χ1v) is 9.74. The van der Waals surface area contributed by atoms with Crippen molar-refractivity contribution in [3.05, 3.63) is 61.1 Å². The number of pyridine rings is 1. The summed E-state index contributed by atoms with van der Waals surface area (Å²) in [6.07, 6.45) is 4.77. The molecule has 2 amide bonds. The molecule has 2 atom stereocenters. The molecule has 1 aromatic heterocycles. The van der Waals surface area contributed by atoms with Gasteiger partial charge in [-0.15, -0.1) is 0 Å². The molecular weight excluding hydrogens is 371 g/mol.